The molecule has 74 valence electrons. The van der Waals surface area contributed by atoms with Gasteiger partial charge in [0.25, 0.3) is 0 Å². The molecular formula is C12H15NO. The summed E-state index contributed by atoms with van der Waals surface area (Å²) >= 11 is 0. The fraction of sp³-hybridized carbons (Fsp3) is 0.250. The van der Waals surface area contributed by atoms with Crippen molar-refractivity contribution in [2.24, 2.45) is 5.92 Å². The Hall–Kier alpha value is -1.57. The van der Waals surface area contributed by atoms with E-state index in [1.54, 1.807) is 12.3 Å². The van der Waals surface area contributed by atoms with Crippen LogP contribution in [0.4, 0.5) is 0 Å². The summed E-state index contributed by atoms with van der Waals surface area (Å²) in [5, 5.41) is 0. The molecule has 1 aromatic heterocycles. The molecule has 2 nitrogen and oxygen atoms in total. The highest BCUT2D eigenvalue weighted by molar-refractivity contribution is 5.84. The standard InChI is InChI=1S/C12H15NO/c1-4-12-11(6-5-9(2)3)10(8-14)7-13-12/h4-9,13H,1H2,2-3H3/b6-5-. The largest absolute Gasteiger partial charge is 0.360 e. The summed E-state index contributed by atoms with van der Waals surface area (Å²) in [7, 11) is 0. The predicted octanol–water partition coefficient (Wildman–Crippen LogP) is 3.14. The molecule has 1 heterocycles. The monoisotopic (exact) mass is 189 g/mol. The SMILES string of the molecule is C=Cc1[nH]cc(C=O)c1/C=C\C(C)C. The molecule has 1 aromatic rings. The number of hydrogen-bond donors (Lipinski definition) is 1. The van der Waals surface area contributed by atoms with Crippen molar-refractivity contribution in [1.29, 1.82) is 0 Å². The van der Waals surface area contributed by atoms with Gasteiger partial charge in [-0.3, -0.25) is 4.79 Å². The van der Waals surface area contributed by atoms with Gasteiger partial charge < -0.3 is 4.98 Å². The van der Waals surface area contributed by atoms with Gasteiger partial charge >= 0.3 is 0 Å². The molecule has 0 aliphatic heterocycles. The van der Waals surface area contributed by atoms with Gasteiger partial charge in [-0.05, 0) is 12.0 Å². The Kier molecular flexibility index (Phi) is 3.46. The van der Waals surface area contributed by atoms with Crippen LogP contribution in [0.15, 0.2) is 18.9 Å². The van der Waals surface area contributed by atoms with Crippen LogP contribution < -0.4 is 0 Å². The second-order valence-electron chi connectivity index (χ2n) is 3.50. The Morgan fingerprint density at radius 1 is 1.50 bits per heavy atom. The first-order valence-electron chi connectivity index (χ1n) is 4.66. The van der Waals surface area contributed by atoms with Gasteiger partial charge in [-0.1, -0.05) is 32.6 Å². The molecule has 0 saturated heterocycles. The second kappa shape index (κ2) is 4.61. The maximum atomic E-state index is 10.7. The molecular weight excluding hydrogens is 174 g/mol. The van der Waals surface area contributed by atoms with Gasteiger partial charge in [0.1, 0.15) is 0 Å². The summed E-state index contributed by atoms with van der Waals surface area (Å²) in [5.74, 6) is 0.474. The highest BCUT2D eigenvalue weighted by Crippen LogP contribution is 2.16. The minimum Gasteiger partial charge on any atom is -0.360 e. The van der Waals surface area contributed by atoms with Crippen LogP contribution in [0.1, 0.15) is 35.5 Å². The molecule has 1 rings (SSSR count). The maximum absolute atomic E-state index is 10.7. The van der Waals surface area contributed by atoms with E-state index in [1.807, 2.05) is 6.08 Å². The third-order valence-electron chi connectivity index (χ3n) is 1.96. The van der Waals surface area contributed by atoms with Crippen molar-refractivity contribution in [2.75, 3.05) is 0 Å². The van der Waals surface area contributed by atoms with Crippen molar-refractivity contribution in [1.82, 2.24) is 4.98 Å². The first-order valence-corrected chi connectivity index (χ1v) is 4.66. The Balaban J connectivity index is 3.08. The first-order chi connectivity index (χ1) is 6.69. The lowest BCUT2D eigenvalue weighted by Gasteiger charge is -1.96. The van der Waals surface area contributed by atoms with Crippen LogP contribution in [-0.4, -0.2) is 11.3 Å². The van der Waals surface area contributed by atoms with E-state index in [0.717, 1.165) is 17.5 Å². The van der Waals surface area contributed by atoms with E-state index in [-0.39, 0.29) is 0 Å². The van der Waals surface area contributed by atoms with Crippen LogP contribution in [0, 0.1) is 5.92 Å². The molecule has 0 fully saturated rings. The Labute approximate surface area is 84.3 Å². The van der Waals surface area contributed by atoms with Gasteiger partial charge in [-0.25, -0.2) is 0 Å². The van der Waals surface area contributed by atoms with Crippen molar-refractivity contribution in [3.8, 4) is 0 Å². The van der Waals surface area contributed by atoms with Crippen LogP contribution in [0.5, 0.6) is 0 Å². The lowest BCUT2D eigenvalue weighted by molar-refractivity contribution is 0.112. The van der Waals surface area contributed by atoms with Gasteiger partial charge in [0.2, 0.25) is 0 Å². The first kappa shape index (κ1) is 10.5. The highest BCUT2D eigenvalue weighted by atomic mass is 16.1. The highest BCUT2D eigenvalue weighted by Gasteiger charge is 2.04. The smallest absolute Gasteiger partial charge is 0.152 e. The fourth-order valence-electron chi connectivity index (χ4n) is 1.21. The van der Waals surface area contributed by atoms with Crippen LogP contribution >= 0.6 is 0 Å². The molecule has 1 N–H and O–H groups in total. The number of allylic oxidation sites excluding steroid dienone is 1. The summed E-state index contributed by atoms with van der Waals surface area (Å²) in [5.41, 5.74) is 2.49. The number of nitrogens with one attached hydrogen (secondary N) is 1. The maximum Gasteiger partial charge on any atom is 0.152 e. The third kappa shape index (κ3) is 2.22. The van der Waals surface area contributed by atoms with Gasteiger partial charge in [-0.15, -0.1) is 0 Å². The average Bonchev–Trinajstić information content (AvgIpc) is 2.56. The molecule has 0 bridgehead atoms. The van der Waals surface area contributed by atoms with Gasteiger partial charge in [-0.2, -0.15) is 0 Å². The number of carbonyl (C=O) groups is 1. The van der Waals surface area contributed by atoms with Crippen molar-refractivity contribution < 1.29 is 4.79 Å². The number of H-pyrrole nitrogens is 1. The van der Waals surface area contributed by atoms with Crippen LogP contribution in [-0.2, 0) is 0 Å². The Bertz CT molecular complexity index is 333. The van der Waals surface area contributed by atoms with Crippen LogP contribution in [0.3, 0.4) is 0 Å². The molecule has 0 aromatic carbocycles. The zero-order chi connectivity index (χ0) is 10.6. The van der Waals surface area contributed by atoms with E-state index >= 15 is 0 Å². The number of aldehydes is 1. The van der Waals surface area contributed by atoms with Gasteiger partial charge in [0.05, 0.1) is 0 Å². The zero-order valence-corrected chi connectivity index (χ0v) is 8.58. The summed E-state index contributed by atoms with van der Waals surface area (Å²) < 4.78 is 0. The number of rotatable bonds is 4. The topological polar surface area (TPSA) is 32.9 Å². The summed E-state index contributed by atoms with van der Waals surface area (Å²) in [6.07, 6.45) is 8.28. The van der Waals surface area contributed by atoms with Crippen LogP contribution in [0.25, 0.3) is 12.2 Å². The van der Waals surface area contributed by atoms with E-state index in [2.05, 4.69) is 31.5 Å². The molecule has 0 saturated carbocycles. The molecule has 14 heavy (non-hydrogen) atoms. The molecule has 2 heteroatoms. The molecule has 0 spiro atoms. The molecule has 0 radical (unpaired) electrons. The zero-order valence-electron chi connectivity index (χ0n) is 8.58. The second-order valence-corrected chi connectivity index (χ2v) is 3.50. The predicted molar refractivity (Wildman–Crippen MR) is 60.1 cm³/mol. The van der Waals surface area contributed by atoms with Crippen molar-refractivity contribution >= 4 is 18.4 Å². The van der Waals surface area contributed by atoms with E-state index in [0.29, 0.717) is 11.5 Å². The van der Waals surface area contributed by atoms with E-state index in [4.69, 9.17) is 0 Å². The Morgan fingerprint density at radius 3 is 2.71 bits per heavy atom. The summed E-state index contributed by atoms with van der Waals surface area (Å²) in [6, 6.07) is 0. The van der Waals surface area contributed by atoms with Crippen LogP contribution in [0.2, 0.25) is 0 Å². The lowest BCUT2D eigenvalue weighted by atomic mass is 10.1. The number of hydrogen-bond acceptors (Lipinski definition) is 1. The number of carbonyl (C=O) groups excluding carboxylic acids is 1. The Morgan fingerprint density at radius 2 is 2.21 bits per heavy atom. The van der Waals surface area contributed by atoms with Gasteiger partial charge in [0.15, 0.2) is 6.29 Å². The van der Waals surface area contributed by atoms with E-state index < -0.39 is 0 Å². The van der Waals surface area contributed by atoms with E-state index in [1.165, 1.54) is 0 Å². The quantitative estimate of drug-likeness (QED) is 0.725. The normalized spacial score (nSPS) is 11.1. The minimum absolute atomic E-state index is 0.474. The molecule has 0 atom stereocenters. The van der Waals surface area contributed by atoms with Crippen molar-refractivity contribution in [3.05, 3.63) is 35.7 Å². The van der Waals surface area contributed by atoms with E-state index in [9.17, 15) is 4.79 Å². The summed E-state index contributed by atoms with van der Waals surface area (Å²) in [6.45, 7) is 7.87. The molecule has 0 aliphatic carbocycles. The number of aromatic amines is 1. The van der Waals surface area contributed by atoms with Crippen molar-refractivity contribution in [2.45, 2.75) is 13.8 Å². The summed E-state index contributed by atoms with van der Waals surface area (Å²) in [4.78, 5) is 13.7. The fourth-order valence-corrected chi connectivity index (χ4v) is 1.21. The molecule has 0 aliphatic rings. The minimum atomic E-state index is 0.474. The molecule has 0 amide bonds. The third-order valence-corrected chi connectivity index (χ3v) is 1.96. The average molecular weight is 189 g/mol. The number of aromatic nitrogens is 1. The lowest BCUT2D eigenvalue weighted by Crippen LogP contribution is -1.83. The van der Waals surface area contributed by atoms with Crippen molar-refractivity contribution in [3.63, 3.8) is 0 Å². The molecule has 0 unspecified atom stereocenters. The van der Waals surface area contributed by atoms with Gasteiger partial charge in [0, 0.05) is 23.0 Å².